The van der Waals surface area contributed by atoms with Crippen molar-refractivity contribution >= 4 is 43.6 Å². The maximum Gasteiger partial charge on any atom is 0.100 e. The molecule has 10 aromatic rings. The van der Waals surface area contributed by atoms with Crippen molar-refractivity contribution < 1.29 is 0 Å². The summed E-state index contributed by atoms with van der Waals surface area (Å²) < 4.78 is 4.70. The molecule has 0 unspecified atom stereocenters. The lowest BCUT2D eigenvalue weighted by Crippen LogP contribution is -1.98. The minimum atomic E-state index is 0.482. The zero-order valence-electron chi connectivity index (χ0n) is 29.1. The summed E-state index contributed by atoms with van der Waals surface area (Å²) >= 11 is 0. The molecule has 0 atom stereocenters. The largest absolute Gasteiger partial charge is 0.309 e. The van der Waals surface area contributed by atoms with Crippen molar-refractivity contribution in [2.45, 2.75) is 0 Å². The van der Waals surface area contributed by atoms with E-state index in [1.165, 1.54) is 10.8 Å². The molecule has 4 nitrogen and oxygen atoms in total. The highest BCUT2D eigenvalue weighted by Gasteiger charge is 2.23. The minimum Gasteiger partial charge on any atom is -0.309 e. The summed E-state index contributed by atoms with van der Waals surface area (Å²) in [5, 5.41) is 26.1. The fraction of sp³-hybridized carbons (Fsp3) is 0. The Balaban J connectivity index is 1.32. The van der Waals surface area contributed by atoms with Gasteiger partial charge in [-0.15, -0.1) is 0 Å². The number of para-hydroxylation sites is 3. The van der Waals surface area contributed by atoms with Crippen molar-refractivity contribution in [3.05, 3.63) is 193 Å². The second-order valence-electron chi connectivity index (χ2n) is 13.5. The van der Waals surface area contributed by atoms with Crippen LogP contribution in [0, 0.1) is 22.7 Å². The van der Waals surface area contributed by atoms with Crippen molar-refractivity contribution in [3.63, 3.8) is 0 Å². The van der Waals surface area contributed by atoms with E-state index < -0.39 is 0 Å². The summed E-state index contributed by atoms with van der Waals surface area (Å²) in [4.78, 5) is 0. The molecule has 0 spiro atoms. The first-order valence-electron chi connectivity index (χ1n) is 18.0. The van der Waals surface area contributed by atoms with Crippen LogP contribution in [0.2, 0.25) is 0 Å². The van der Waals surface area contributed by atoms with Crippen LogP contribution >= 0.6 is 0 Å². The molecule has 0 bridgehead atoms. The molecule has 0 aliphatic rings. The van der Waals surface area contributed by atoms with E-state index in [1.807, 2.05) is 72.8 Å². The van der Waals surface area contributed by atoms with Crippen molar-refractivity contribution in [2.24, 2.45) is 0 Å². The summed E-state index contributed by atoms with van der Waals surface area (Å²) in [6.07, 6.45) is 0. The topological polar surface area (TPSA) is 57.4 Å². The Morgan fingerprint density at radius 3 is 1.35 bits per heavy atom. The smallest absolute Gasteiger partial charge is 0.100 e. The van der Waals surface area contributed by atoms with Gasteiger partial charge in [0.1, 0.15) is 12.1 Å². The monoisotopic (exact) mass is 686 g/mol. The third-order valence-electron chi connectivity index (χ3n) is 10.6. The Hall–Kier alpha value is -7.66. The standard InChI is InChI=1S/C50H30N4/c51-31-44-39(33-15-5-1-6-16-33)28-40(45(32-52)50(44)34-17-7-2-8-18-34)35-25-26-47-41(27-35)43-30-48-42(29-49(43)54(47)37-21-11-4-12-22-37)38-23-13-14-24-46(38)53(48)36-19-9-3-10-20-36/h1-30H. The quantitative estimate of drug-likeness (QED) is 0.181. The van der Waals surface area contributed by atoms with Gasteiger partial charge in [0.25, 0.3) is 0 Å². The van der Waals surface area contributed by atoms with E-state index in [-0.39, 0.29) is 0 Å². The fourth-order valence-corrected chi connectivity index (χ4v) is 8.24. The number of nitrogens with zero attached hydrogens (tertiary/aromatic N) is 4. The van der Waals surface area contributed by atoms with Gasteiger partial charge in [-0.05, 0) is 77.4 Å². The Kier molecular flexibility index (Phi) is 7.22. The van der Waals surface area contributed by atoms with Gasteiger partial charge in [0.2, 0.25) is 0 Å². The lowest BCUT2D eigenvalue weighted by molar-refractivity contribution is 1.17. The number of nitriles is 2. The molecule has 2 heterocycles. The van der Waals surface area contributed by atoms with Crippen LogP contribution in [0.15, 0.2) is 182 Å². The van der Waals surface area contributed by atoms with E-state index in [0.717, 1.165) is 72.0 Å². The highest BCUT2D eigenvalue weighted by atomic mass is 15.0. The maximum atomic E-state index is 10.9. The van der Waals surface area contributed by atoms with Gasteiger partial charge >= 0.3 is 0 Å². The highest BCUT2D eigenvalue weighted by Crippen LogP contribution is 2.44. The molecule has 8 aromatic carbocycles. The van der Waals surface area contributed by atoms with E-state index >= 15 is 0 Å². The average molecular weight is 687 g/mol. The third kappa shape index (κ3) is 4.76. The number of fused-ring (bicyclic) bond motifs is 6. The van der Waals surface area contributed by atoms with Gasteiger partial charge in [-0.3, -0.25) is 0 Å². The zero-order chi connectivity index (χ0) is 36.2. The van der Waals surface area contributed by atoms with Crippen LogP contribution in [0.5, 0.6) is 0 Å². The van der Waals surface area contributed by atoms with Crippen molar-refractivity contribution in [3.8, 4) is 56.9 Å². The first-order valence-corrected chi connectivity index (χ1v) is 18.0. The summed E-state index contributed by atoms with van der Waals surface area (Å²) in [7, 11) is 0. The average Bonchev–Trinajstić information content (AvgIpc) is 3.74. The predicted octanol–water partition coefficient (Wildman–Crippen LogP) is 12.6. The zero-order valence-corrected chi connectivity index (χ0v) is 29.1. The lowest BCUT2D eigenvalue weighted by atomic mass is 9.84. The van der Waals surface area contributed by atoms with Crippen molar-refractivity contribution in [1.82, 2.24) is 9.13 Å². The van der Waals surface area contributed by atoms with E-state index in [1.54, 1.807) is 0 Å². The molecule has 54 heavy (non-hydrogen) atoms. The molecular formula is C50H30N4. The summed E-state index contributed by atoms with van der Waals surface area (Å²) in [5.41, 5.74) is 12.5. The lowest BCUT2D eigenvalue weighted by Gasteiger charge is -2.17. The van der Waals surface area contributed by atoms with Crippen molar-refractivity contribution in [1.29, 1.82) is 10.5 Å². The van der Waals surface area contributed by atoms with Crippen LogP contribution in [0.25, 0.3) is 88.4 Å². The summed E-state index contributed by atoms with van der Waals surface area (Å²) in [6.45, 7) is 0. The number of hydrogen-bond donors (Lipinski definition) is 0. The van der Waals surface area contributed by atoms with Crippen LogP contribution in [-0.4, -0.2) is 9.13 Å². The van der Waals surface area contributed by atoms with Crippen molar-refractivity contribution in [2.75, 3.05) is 0 Å². The van der Waals surface area contributed by atoms with Crippen LogP contribution in [0.3, 0.4) is 0 Å². The van der Waals surface area contributed by atoms with Gasteiger partial charge in [0, 0.05) is 49.6 Å². The molecule has 0 amide bonds. The number of hydrogen-bond acceptors (Lipinski definition) is 2. The molecular weight excluding hydrogens is 657 g/mol. The van der Waals surface area contributed by atoms with Crippen LogP contribution < -0.4 is 0 Å². The van der Waals surface area contributed by atoms with Crippen LogP contribution in [0.1, 0.15) is 11.1 Å². The fourth-order valence-electron chi connectivity index (χ4n) is 8.24. The molecule has 0 saturated heterocycles. The van der Waals surface area contributed by atoms with Gasteiger partial charge in [-0.2, -0.15) is 10.5 Å². The Bertz CT molecular complexity index is 3140. The minimum absolute atomic E-state index is 0.482. The van der Waals surface area contributed by atoms with Gasteiger partial charge in [-0.25, -0.2) is 0 Å². The van der Waals surface area contributed by atoms with Crippen LogP contribution in [0.4, 0.5) is 0 Å². The molecule has 0 N–H and O–H groups in total. The normalized spacial score (nSPS) is 11.3. The molecule has 0 aliphatic carbocycles. The second kappa shape index (κ2) is 12.5. The highest BCUT2D eigenvalue weighted by molar-refractivity contribution is 6.19. The molecule has 0 saturated carbocycles. The molecule has 10 rings (SSSR count). The van der Waals surface area contributed by atoms with E-state index in [4.69, 9.17) is 0 Å². The summed E-state index contributed by atoms with van der Waals surface area (Å²) in [6, 6.07) is 67.7. The first-order chi connectivity index (χ1) is 26.7. The first kappa shape index (κ1) is 31.1. The van der Waals surface area contributed by atoms with E-state index in [0.29, 0.717) is 16.7 Å². The van der Waals surface area contributed by atoms with Gasteiger partial charge in [-0.1, -0.05) is 121 Å². The van der Waals surface area contributed by atoms with Gasteiger partial charge in [0.15, 0.2) is 0 Å². The summed E-state index contributed by atoms with van der Waals surface area (Å²) in [5.74, 6) is 0. The predicted molar refractivity (Wildman–Crippen MR) is 221 cm³/mol. The van der Waals surface area contributed by atoms with Crippen LogP contribution in [-0.2, 0) is 0 Å². The SMILES string of the molecule is N#Cc1c(-c2ccccc2)cc(-c2ccc3c(c2)c2cc4c(cc2n3-c2ccccc2)c2ccccc2n4-c2ccccc2)c(C#N)c1-c1ccccc1. The molecule has 250 valence electrons. The third-order valence-corrected chi connectivity index (χ3v) is 10.6. The molecule has 0 radical (unpaired) electrons. The Labute approximate surface area is 312 Å². The van der Waals surface area contributed by atoms with E-state index in [2.05, 4.69) is 130 Å². The number of aromatic nitrogens is 2. The molecule has 0 fully saturated rings. The maximum absolute atomic E-state index is 10.9. The molecule has 2 aromatic heterocycles. The Morgan fingerprint density at radius 1 is 0.333 bits per heavy atom. The van der Waals surface area contributed by atoms with Gasteiger partial charge < -0.3 is 9.13 Å². The molecule has 4 heteroatoms. The Morgan fingerprint density at radius 2 is 0.778 bits per heavy atom. The number of benzene rings is 8. The van der Waals surface area contributed by atoms with E-state index in [9.17, 15) is 10.5 Å². The second-order valence-corrected chi connectivity index (χ2v) is 13.5. The number of rotatable bonds is 5. The molecule has 0 aliphatic heterocycles. The van der Waals surface area contributed by atoms with Gasteiger partial charge in [0.05, 0.1) is 33.2 Å².